The van der Waals surface area contributed by atoms with Crippen LogP contribution in [0.1, 0.15) is 67.2 Å². The van der Waals surface area contributed by atoms with Crippen LogP contribution in [0.15, 0.2) is 47.9 Å². The zero-order chi connectivity index (χ0) is 19.5. The van der Waals surface area contributed by atoms with E-state index >= 15 is 0 Å². The lowest BCUT2D eigenvalue weighted by molar-refractivity contribution is -0.128. The number of carbonyl (C=O) groups is 1. The summed E-state index contributed by atoms with van der Waals surface area (Å²) in [7, 11) is 0. The molecule has 2 aliphatic rings. The van der Waals surface area contributed by atoms with Gasteiger partial charge in [-0.25, -0.2) is 0 Å². The van der Waals surface area contributed by atoms with Gasteiger partial charge in [0.05, 0.1) is 5.57 Å². The van der Waals surface area contributed by atoms with E-state index in [0.717, 1.165) is 42.7 Å². The van der Waals surface area contributed by atoms with E-state index in [0.29, 0.717) is 11.5 Å². The number of fused-ring (bicyclic) bond motifs is 2. The minimum Gasteiger partial charge on any atom is -0.365 e. The monoisotopic (exact) mass is 356 g/mol. The summed E-state index contributed by atoms with van der Waals surface area (Å²) in [4.78, 5) is 15.6. The summed E-state index contributed by atoms with van der Waals surface area (Å²) in [5, 5.41) is 3.29. The molecule has 2 fully saturated rings. The average molecular weight is 357 g/mol. The second-order valence-corrected chi connectivity index (χ2v) is 9.23. The first-order valence-corrected chi connectivity index (χ1v) is 9.85. The molecule has 0 aromatic rings. The molecule has 0 radical (unpaired) electrons. The van der Waals surface area contributed by atoms with Gasteiger partial charge in [0, 0.05) is 24.5 Å². The van der Waals surface area contributed by atoms with Gasteiger partial charge in [0.15, 0.2) is 0 Å². The topological polar surface area (TPSA) is 32.3 Å². The molecule has 26 heavy (non-hydrogen) atoms. The second-order valence-electron chi connectivity index (χ2n) is 9.23. The zero-order valence-electron chi connectivity index (χ0n) is 17.5. The molecule has 2 bridgehead atoms. The van der Waals surface area contributed by atoms with E-state index in [2.05, 4.69) is 50.6 Å². The normalized spacial score (nSPS) is 28.9. The third-order valence-corrected chi connectivity index (χ3v) is 5.65. The molecule has 0 aromatic heterocycles. The minimum absolute atomic E-state index is 0.142. The zero-order valence-corrected chi connectivity index (χ0v) is 17.5. The highest BCUT2D eigenvalue weighted by Crippen LogP contribution is 2.52. The summed E-state index contributed by atoms with van der Waals surface area (Å²) in [6.45, 7) is 17.8. The number of hydrogen-bond donors (Lipinski definition) is 1. The lowest BCUT2D eigenvalue weighted by Crippen LogP contribution is -2.38. The first-order chi connectivity index (χ1) is 12.1. The van der Waals surface area contributed by atoms with Crippen LogP contribution in [0.5, 0.6) is 0 Å². The molecule has 2 rings (SSSR count). The van der Waals surface area contributed by atoms with Crippen molar-refractivity contribution >= 4 is 5.91 Å². The van der Waals surface area contributed by atoms with Crippen molar-refractivity contribution in [3.63, 3.8) is 0 Å². The molecule has 1 aliphatic carbocycles. The van der Waals surface area contributed by atoms with Crippen LogP contribution in [-0.2, 0) is 4.79 Å². The quantitative estimate of drug-likeness (QED) is 0.515. The highest BCUT2D eigenvalue weighted by atomic mass is 16.2. The van der Waals surface area contributed by atoms with Crippen molar-refractivity contribution in [2.75, 3.05) is 6.54 Å². The van der Waals surface area contributed by atoms with Crippen molar-refractivity contribution in [2.24, 2.45) is 10.8 Å². The number of allylic oxidation sites excluding steroid dienone is 4. The Morgan fingerprint density at radius 3 is 2.58 bits per heavy atom. The number of likely N-dealkylation sites (tertiary alicyclic amines) is 1. The van der Waals surface area contributed by atoms with Gasteiger partial charge in [0.1, 0.15) is 0 Å². The van der Waals surface area contributed by atoms with Crippen LogP contribution < -0.4 is 5.32 Å². The van der Waals surface area contributed by atoms with Crippen molar-refractivity contribution in [2.45, 2.75) is 73.3 Å². The summed E-state index contributed by atoms with van der Waals surface area (Å²) in [6, 6.07) is 0.350. The van der Waals surface area contributed by atoms with Crippen molar-refractivity contribution in [3.8, 4) is 0 Å². The molecular weight excluding hydrogens is 320 g/mol. The van der Waals surface area contributed by atoms with Crippen LogP contribution >= 0.6 is 0 Å². The second kappa shape index (κ2) is 7.85. The first-order valence-electron chi connectivity index (χ1n) is 9.85. The average Bonchev–Trinajstić information content (AvgIpc) is 2.76. The molecule has 3 heteroatoms. The smallest absolute Gasteiger partial charge is 0.255 e. The Morgan fingerprint density at radius 2 is 1.96 bits per heavy atom. The summed E-state index contributed by atoms with van der Waals surface area (Å²) in [6.07, 6.45) is 12.0. The highest BCUT2D eigenvalue weighted by Gasteiger charge is 2.51. The van der Waals surface area contributed by atoms with E-state index < -0.39 is 0 Å². The summed E-state index contributed by atoms with van der Waals surface area (Å²) < 4.78 is 0. The van der Waals surface area contributed by atoms with Gasteiger partial charge in [0.2, 0.25) is 0 Å². The minimum atomic E-state index is 0.142. The standard InChI is InChI=1S/C23H36N2O/c1-8-10-17(3)20(14-24-18(4)11-9-2)21(26)25-16-23(7)13-19(25)12-22(5,6)15-23/h8,10-11,14,19,24H,1,9,12-13,15-16H2,2-7H3/b17-10+,18-11+,20-14+. The Hall–Kier alpha value is -1.77. The molecule has 1 saturated heterocycles. The molecule has 1 aliphatic heterocycles. The molecule has 144 valence electrons. The van der Waals surface area contributed by atoms with Gasteiger partial charge in [0.25, 0.3) is 5.91 Å². The molecule has 1 amide bonds. The summed E-state index contributed by atoms with van der Waals surface area (Å²) in [5.74, 6) is 0.142. The SMILES string of the molecule is C=C/C=C(C)/C(=C\N/C(C)=C/CC)C(=O)N1CC2(C)CC1CC(C)(C)C2. The van der Waals surface area contributed by atoms with E-state index in [4.69, 9.17) is 0 Å². The van der Waals surface area contributed by atoms with E-state index in [1.54, 1.807) is 6.08 Å². The third-order valence-electron chi connectivity index (χ3n) is 5.65. The van der Waals surface area contributed by atoms with Crippen molar-refractivity contribution in [3.05, 3.63) is 47.9 Å². The van der Waals surface area contributed by atoms with Crippen LogP contribution in [0.3, 0.4) is 0 Å². The van der Waals surface area contributed by atoms with Crippen LogP contribution in [0.2, 0.25) is 0 Å². The van der Waals surface area contributed by atoms with Crippen LogP contribution in [0.25, 0.3) is 0 Å². The predicted octanol–water partition coefficient (Wildman–Crippen LogP) is 5.33. The van der Waals surface area contributed by atoms with E-state index in [-0.39, 0.29) is 11.3 Å². The fraction of sp³-hybridized carbons (Fsp3) is 0.609. The van der Waals surface area contributed by atoms with Gasteiger partial charge < -0.3 is 10.2 Å². The highest BCUT2D eigenvalue weighted by molar-refractivity contribution is 5.98. The molecule has 0 spiro atoms. The van der Waals surface area contributed by atoms with Gasteiger partial charge >= 0.3 is 0 Å². The van der Waals surface area contributed by atoms with E-state index in [1.165, 1.54) is 6.42 Å². The number of nitrogens with one attached hydrogen (secondary N) is 1. The maximum absolute atomic E-state index is 13.5. The Morgan fingerprint density at radius 1 is 1.27 bits per heavy atom. The number of amides is 1. The van der Waals surface area contributed by atoms with Gasteiger partial charge in [-0.2, -0.15) is 0 Å². The van der Waals surface area contributed by atoms with Crippen molar-refractivity contribution in [1.82, 2.24) is 10.2 Å². The lowest BCUT2D eigenvalue weighted by Gasteiger charge is -2.39. The van der Waals surface area contributed by atoms with E-state index in [9.17, 15) is 4.79 Å². The van der Waals surface area contributed by atoms with Crippen LogP contribution in [0, 0.1) is 10.8 Å². The number of rotatable bonds is 6. The molecule has 3 nitrogen and oxygen atoms in total. The summed E-state index contributed by atoms with van der Waals surface area (Å²) in [5.41, 5.74) is 3.31. The first kappa shape index (κ1) is 20.5. The molecule has 2 unspecified atom stereocenters. The van der Waals surface area contributed by atoms with Crippen LogP contribution in [0.4, 0.5) is 0 Å². The molecule has 1 N–H and O–H groups in total. The molecule has 1 heterocycles. The number of nitrogens with zero attached hydrogens (tertiary/aromatic N) is 1. The van der Waals surface area contributed by atoms with Crippen molar-refractivity contribution < 1.29 is 4.79 Å². The maximum Gasteiger partial charge on any atom is 0.255 e. The summed E-state index contributed by atoms with van der Waals surface area (Å²) >= 11 is 0. The van der Waals surface area contributed by atoms with Gasteiger partial charge in [-0.15, -0.1) is 0 Å². The molecule has 0 aromatic carbocycles. The fourth-order valence-electron chi connectivity index (χ4n) is 5.01. The van der Waals surface area contributed by atoms with Crippen molar-refractivity contribution in [1.29, 1.82) is 0 Å². The predicted molar refractivity (Wildman–Crippen MR) is 110 cm³/mol. The lowest BCUT2D eigenvalue weighted by atomic mass is 9.65. The molecular formula is C23H36N2O. The van der Waals surface area contributed by atoms with E-state index in [1.807, 2.05) is 26.1 Å². The van der Waals surface area contributed by atoms with Gasteiger partial charge in [-0.1, -0.05) is 52.5 Å². The largest absolute Gasteiger partial charge is 0.365 e. The Balaban J connectivity index is 2.29. The molecule has 1 saturated carbocycles. The van der Waals surface area contributed by atoms with Crippen LogP contribution in [-0.4, -0.2) is 23.4 Å². The Labute approximate surface area is 159 Å². The molecule has 2 atom stereocenters. The number of carbonyl (C=O) groups excluding carboxylic acids is 1. The Bertz CT molecular complexity index is 653. The maximum atomic E-state index is 13.5. The van der Waals surface area contributed by atoms with Gasteiger partial charge in [-0.05, 0) is 55.9 Å². The fourth-order valence-corrected chi connectivity index (χ4v) is 5.01. The third kappa shape index (κ3) is 4.69. The van der Waals surface area contributed by atoms with Gasteiger partial charge in [-0.3, -0.25) is 4.79 Å². The Kier molecular flexibility index (Phi) is 6.21. The number of hydrogen-bond acceptors (Lipinski definition) is 2.